The number of hydrogen-bond donors (Lipinski definition) is 1. The van der Waals surface area contributed by atoms with Crippen molar-refractivity contribution in [1.82, 2.24) is 20.2 Å². The molecule has 1 saturated heterocycles. The molecule has 1 aliphatic rings. The second kappa shape index (κ2) is 7.90. The van der Waals surface area contributed by atoms with E-state index in [1.807, 2.05) is 13.0 Å². The maximum absolute atomic E-state index is 11.9. The summed E-state index contributed by atoms with van der Waals surface area (Å²) in [5.41, 5.74) is 0. The quantitative estimate of drug-likeness (QED) is 0.780. The molecule has 2 rings (SSSR count). The van der Waals surface area contributed by atoms with Crippen molar-refractivity contribution in [3.63, 3.8) is 0 Å². The number of methoxy groups -OCH3 is 1. The van der Waals surface area contributed by atoms with Crippen LogP contribution in [0.25, 0.3) is 0 Å². The second-order valence-corrected chi connectivity index (χ2v) is 5.24. The van der Waals surface area contributed by atoms with Crippen molar-refractivity contribution < 1.29 is 9.53 Å². The molecule has 7 heteroatoms. The Morgan fingerprint density at radius 1 is 1.33 bits per heavy atom. The van der Waals surface area contributed by atoms with Crippen LogP contribution in [0.1, 0.15) is 6.92 Å². The van der Waals surface area contributed by atoms with E-state index in [2.05, 4.69) is 25.1 Å². The molecule has 0 unspecified atom stereocenters. The van der Waals surface area contributed by atoms with Gasteiger partial charge in [0, 0.05) is 51.7 Å². The highest BCUT2D eigenvalue weighted by Gasteiger charge is 2.20. The molecule has 0 radical (unpaired) electrons. The second-order valence-electron chi connectivity index (χ2n) is 5.24. The first-order valence-electron chi connectivity index (χ1n) is 7.21. The van der Waals surface area contributed by atoms with Crippen LogP contribution in [0.5, 0.6) is 0 Å². The maximum atomic E-state index is 11.9. The lowest BCUT2D eigenvalue weighted by Gasteiger charge is -2.34. The lowest BCUT2D eigenvalue weighted by atomic mass is 10.3. The lowest BCUT2D eigenvalue weighted by Crippen LogP contribution is -2.51. The molecule has 0 spiro atoms. The van der Waals surface area contributed by atoms with Gasteiger partial charge in [0.15, 0.2) is 0 Å². The fourth-order valence-corrected chi connectivity index (χ4v) is 2.38. The average molecular weight is 293 g/mol. The molecule has 7 nitrogen and oxygen atoms in total. The Morgan fingerprint density at radius 2 is 2.00 bits per heavy atom. The molecule has 1 N–H and O–H groups in total. The van der Waals surface area contributed by atoms with Gasteiger partial charge in [0.2, 0.25) is 11.9 Å². The zero-order valence-corrected chi connectivity index (χ0v) is 12.7. The van der Waals surface area contributed by atoms with Crippen LogP contribution >= 0.6 is 0 Å². The summed E-state index contributed by atoms with van der Waals surface area (Å²) in [6.07, 6.45) is 3.50. The van der Waals surface area contributed by atoms with Crippen LogP contribution in [-0.4, -0.2) is 73.3 Å². The summed E-state index contributed by atoms with van der Waals surface area (Å²) in [5.74, 6) is 0.805. The highest BCUT2D eigenvalue weighted by Crippen LogP contribution is 2.09. The molecule has 0 saturated carbocycles. The van der Waals surface area contributed by atoms with Gasteiger partial charge in [0.05, 0.1) is 13.2 Å². The zero-order valence-electron chi connectivity index (χ0n) is 12.7. The molecule has 21 heavy (non-hydrogen) atoms. The highest BCUT2D eigenvalue weighted by atomic mass is 16.5. The summed E-state index contributed by atoms with van der Waals surface area (Å²) in [6, 6.07) is 1.85. The Hall–Kier alpha value is -1.73. The largest absolute Gasteiger partial charge is 0.383 e. The molecule has 1 fully saturated rings. The summed E-state index contributed by atoms with van der Waals surface area (Å²) in [4.78, 5) is 24.7. The normalized spacial score (nSPS) is 17.5. The van der Waals surface area contributed by atoms with Crippen LogP contribution in [0.15, 0.2) is 18.5 Å². The van der Waals surface area contributed by atoms with Crippen LogP contribution < -0.4 is 10.2 Å². The van der Waals surface area contributed by atoms with Crippen molar-refractivity contribution in [3.05, 3.63) is 18.5 Å². The monoisotopic (exact) mass is 293 g/mol. The Balaban J connectivity index is 1.73. The van der Waals surface area contributed by atoms with Crippen molar-refractivity contribution in [2.75, 3.05) is 51.3 Å². The summed E-state index contributed by atoms with van der Waals surface area (Å²) < 4.78 is 5.01. The third-order valence-corrected chi connectivity index (χ3v) is 3.40. The molecule has 116 valence electrons. The number of amides is 1. The molecular formula is C14H23N5O2. The number of rotatable bonds is 6. The third-order valence-electron chi connectivity index (χ3n) is 3.40. The van der Waals surface area contributed by atoms with Crippen molar-refractivity contribution in [2.45, 2.75) is 13.0 Å². The molecular weight excluding hydrogens is 270 g/mol. The van der Waals surface area contributed by atoms with Gasteiger partial charge in [-0.3, -0.25) is 9.69 Å². The Labute approximate surface area is 125 Å². The van der Waals surface area contributed by atoms with Crippen molar-refractivity contribution >= 4 is 11.9 Å². The number of carbonyl (C=O) groups is 1. The first-order valence-corrected chi connectivity index (χ1v) is 7.21. The van der Waals surface area contributed by atoms with E-state index in [1.54, 1.807) is 19.5 Å². The van der Waals surface area contributed by atoms with Crippen LogP contribution in [0.2, 0.25) is 0 Å². The van der Waals surface area contributed by atoms with Gasteiger partial charge in [-0.25, -0.2) is 9.97 Å². The van der Waals surface area contributed by atoms with E-state index in [4.69, 9.17) is 4.74 Å². The van der Waals surface area contributed by atoms with Gasteiger partial charge in [0.1, 0.15) is 0 Å². The summed E-state index contributed by atoms with van der Waals surface area (Å²) in [7, 11) is 1.63. The van der Waals surface area contributed by atoms with Crippen molar-refractivity contribution in [2.24, 2.45) is 0 Å². The highest BCUT2D eigenvalue weighted by molar-refractivity contribution is 5.78. The van der Waals surface area contributed by atoms with Gasteiger partial charge in [-0.15, -0.1) is 0 Å². The van der Waals surface area contributed by atoms with Gasteiger partial charge in [-0.1, -0.05) is 0 Å². The molecule has 0 aromatic carbocycles. The van der Waals surface area contributed by atoms with Crippen LogP contribution in [0.3, 0.4) is 0 Å². The standard InChI is InChI=1S/C14H23N5O2/c1-12(11-21-2)17-13(20)10-18-6-8-19(9-7-18)14-15-4-3-5-16-14/h3-5,12H,6-11H2,1-2H3,(H,17,20)/t12-/m1/s1. The number of hydrogen-bond acceptors (Lipinski definition) is 6. The smallest absolute Gasteiger partial charge is 0.234 e. The fourth-order valence-electron chi connectivity index (χ4n) is 2.38. The number of nitrogens with one attached hydrogen (secondary N) is 1. The van der Waals surface area contributed by atoms with E-state index < -0.39 is 0 Å². The summed E-state index contributed by atoms with van der Waals surface area (Å²) in [6.45, 7) is 6.25. The molecule has 1 amide bonds. The maximum Gasteiger partial charge on any atom is 0.234 e. The van der Waals surface area contributed by atoms with Gasteiger partial charge >= 0.3 is 0 Å². The summed E-state index contributed by atoms with van der Waals surface area (Å²) >= 11 is 0. The summed E-state index contributed by atoms with van der Waals surface area (Å²) in [5, 5.41) is 2.93. The minimum atomic E-state index is 0.0431. The predicted octanol–water partition coefficient (Wildman–Crippen LogP) is -0.250. The average Bonchev–Trinajstić information content (AvgIpc) is 2.49. The Bertz CT molecular complexity index is 434. The van der Waals surface area contributed by atoms with Gasteiger partial charge in [-0.2, -0.15) is 0 Å². The molecule has 0 bridgehead atoms. The Kier molecular flexibility index (Phi) is 5.89. The molecule has 1 aliphatic heterocycles. The van der Waals surface area contributed by atoms with Gasteiger partial charge in [-0.05, 0) is 13.0 Å². The number of piperazine rings is 1. The van der Waals surface area contributed by atoms with Crippen LogP contribution in [-0.2, 0) is 9.53 Å². The molecule has 1 atom stereocenters. The first-order chi connectivity index (χ1) is 10.2. The van der Waals surface area contributed by atoms with E-state index in [0.29, 0.717) is 13.2 Å². The Morgan fingerprint density at radius 3 is 2.62 bits per heavy atom. The number of carbonyl (C=O) groups excluding carboxylic acids is 1. The SMILES string of the molecule is COC[C@@H](C)NC(=O)CN1CCN(c2ncccn2)CC1. The molecule has 1 aromatic heterocycles. The van der Waals surface area contributed by atoms with E-state index in [-0.39, 0.29) is 11.9 Å². The molecule has 2 heterocycles. The van der Waals surface area contributed by atoms with Crippen LogP contribution in [0.4, 0.5) is 5.95 Å². The fraction of sp³-hybridized carbons (Fsp3) is 0.643. The van der Waals surface area contributed by atoms with Gasteiger partial charge < -0.3 is 15.0 Å². The lowest BCUT2D eigenvalue weighted by molar-refractivity contribution is -0.123. The van der Waals surface area contributed by atoms with E-state index in [0.717, 1.165) is 32.1 Å². The van der Waals surface area contributed by atoms with E-state index in [9.17, 15) is 4.79 Å². The topological polar surface area (TPSA) is 70.6 Å². The predicted molar refractivity (Wildman–Crippen MR) is 80.2 cm³/mol. The third kappa shape index (κ3) is 4.95. The number of anilines is 1. The molecule has 0 aliphatic carbocycles. The minimum absolute atomic E-state index is 0.0431. The molecule has 1 aromatic rings. The van der Waals surface area contributed by atoms with E-state index in [1.165, 1.54) is 0 Å². The van der Waals surface area contributed by atoms with Crippen molar-refractivity contribution in [1.29, 1.82) is 0 Å². The van der Waals surface area contributed by atoms with E-state index >= 15 is 0 Å². The van der Waals surface area contributed by atoms with Crippen molar-refractivity contribution in [3.8, 4) is 0 Å². The number of nitrogens with zero attached hydrogens (tertiary/aromatic N) is 4. The minimum Gasteiger partial charge on any atom is -0.383 e. The van der Waals surface area contributed by atoms with Gasteiger partial charge in [0.25, 0.3) is 0 Å². The first kappa shape index (κ1) is 15.7. The number of ether oxygens (including phenoxy) is 1. The number of aromatic nitrogens is 2. The van der Waals surface area contributed by atoms with Crippen LogP contribution in [0, 0.1) is 0 Å². The zero-order chi connectivity index (χ0) is 15.1.